The Bertz CT molecular complexity index is 500. The highest BCUT2D eigenvalue weighted by Crippen LogP contribution is 2.16. The summed E-state index contributed by atoms with van der Waals surface area (Å²) in [7, 11) is 0. The lowest BCUT2D eigenvalue weighted by Gasteiger charge is -2.06. The Hall–Kier alpha value is -1.89. The van der Waals surface area contributed by atoms with E-state index in [1.165, 1.54) is 11.1 Å². The molecule has 0 amide bonds. The van der Waals surface area contributed by atoms with Crippen LogP contribution < -0.4 is 0 Å². The summed E-state index contributed by atoms with van der Waals surface area (Å²) in [4.78, 5) is 4.40. The molecular formula is C16H17N. The molecule has 1 nitrogen and oxygen atoms in total. The summed E-state index contributed by atoms with van der Waals surface area (Å²) in [6, 6.07) is 14.5. The molecule has 1 heterocycles. The average molecular weight is 223 g/mol. The predicted octanol–water partition coefficient (Wildman–Crippen LogP) is 4.21. The number of allylic oxidation sites excluding steroid dienone is 1. The first-order valence-corrected chi connectivity index (χ1v) is 5.91. The lowest BCUT2D eigenvalue weighted by Crippen LogP contribution is -1.93. The fourth-order valence-electron chi connectivity index (χ4n) is 1.73. The number of benzene rings is 1. The fourth-order valence-corrected chi connectivity index (χ4v) is 1.73. The van der Waals surface area contributed by atoms with Crippen molar-refractivity contribution in [3.05, 3.63) is 71.6 Å². The number of pyridine rings is 1. The second-order valence-electron chi connectivity index (χ2n) is 4.32. The van der Waals surface area contributed by atoms with E-state index in [1.54, 1.807) is 0 Å². The third-order valence-electron chi connectivity index (χ3n) is 2.78. The van der Waals surface area contributed by atoms with Crippen molar-refractivity contribution in [2.45, 2.75) is 19.8 Å². The van der Waals surface area contributed by atoms with Crippen LogP contribution in [0.4, 0.5) is 0 Å². The van der Waals surface area contributed by atoms with E-state index in [-0.39, 0.29) is 0 Å². The zero-order valence-corrected chi connectivity index (χ0v) is 10.3. The number of hydrogen-bond acceptors (Lipinski definition) is 1. The van der Waals surface area contributed by atoms with Gasteiger partial charge in [-0.2, -0.15) is 0 Å². The van der Waals surface area contributed by atoms with Gasteiger partial charge < -0.3 is 0 Å². The lowest BCUT2D eigenvalue weighted by molar-refractivity contribution is 0.907. The maximum absolute atomic E-state index is 4.40. The third kappa shape index (κ3) is 3.28. The molecule has 17 heavy (non-hydrogen) atoms. The highest BCUT2D eigenvalue weighted by atomic mass is 14.7. The molecule has 1 heteroatoms. The van der Waals surface area contributed by atoms with Crippen LogP contribution in [0.3, 0.4) is 0 Å². The van der Waals surface area contributed by atoms with E-state index in [4.69, 9.17) is 0 Å². The van der Waals surface area contributed by atoms with Crippen LogP contribution >= 0.6 is 0 Å². The summed E-state index contributed by atoms with van der Waals surface area (Å²) in [5, 5.41) is 0. The van der Waals surface area contributed by atoms with Crippen LogP contribution in [0.25, 0.3) is 6.08 Å². The minimum Gasteiger partial charge on any atom is -0.261 e. The van der Waals surface area contributed by atoms with Gasteiger partial charge in [-0.1, -0.05) is 49.4 Å². The van der Waals surface area contributed by atoms with Crippen molar-refractivity contribution in [3.8, 4) is 0 Å². The number of hydrogen-bond donors (Lipinski definition) is 0. The van der Waals surface area contributed by atoms with Crippen LogP contribution in [0.15, 0.2) is 54.7 Å². The summed E-state index contributed by atoms with van der Waals surface area (Å²) in [6.07, 6.45) is 6.21. The normalized spacial score (nSPS) is 12.8. The molecule has 0 spiro atoms. The molecule has 1 aromatic carbocycles. The number of nitrogens with zero attached hydrogens (tertiary/aromatic N) is 1. The van der Waals surface area contributed by atoms with Crippen molar-refractivity contribution in [2.75, 3.05) is 0 Å². The van der Waals surface area contributed by atoms with E-state index < -0.39 is 0 Å². The van der Waals surface area contributed by atoms with Gasteiger partial charge in [-0.05, 0) is 30.2 Å². The van der Waals surface area contributed by atoms with Gasteiger partial charge in [-0.3, -0.25) is 4.98 Å². The molecule has 86 valence electrons. The molecule has 0 saturated carbocycles. The van der Waals surface area contributed by atoms with Crippen LogP contribution in [-0.4, -0.2) is 4.98 Å². The molecule has 0 N–H and O–H groups in total. The molecule has 0 fully saturated rings. The Balaban J connectivity index is 2.12. The van der Waals surface area contributed by atoms with Gasteiger partial charge in [0.1, 0.15) is 0 Å². The minimum absolute atomic E-state index is 0.343. The van der Waals surface area contributed by atoms with Crippen molar-refractivity contribution >= 4 is 6.08 Å². The van der Waals surface area contributed by atoms with Crippen molar-refractivity contribution < 1.29 is 0 Å². The molecule has 0 saturated heterocycles. The van der Waals surface area contributed by atoms with Crippen LogP contribution in [0.2, 0.25) is 0 Å². The largest absolute Gasteiger partial charge is 0.261 e. The van der Waals surface area contributed by atoms with Gasteiger partial charge in [0.15, 0.2) is 0 Å². The highest BCUT2D eigenvalue weighted by molar-refractivity contribution is 5.50. The standard InChI is InChI=1S/C16H17N/c1-13-10-11-17-16(12-13)14(2)8-9-15-6-4-3-5-7-15/h3-12,14H,1-2H3. The summed E-state index contributed by atoms with van der Waals surface area (Å²) in [5.41, 5.74) is 3.61. The van der Waals surface area contributed by atoms with Crippen molar-refractivity contribution in [3.63, 3.8) is 0 Å². The molecule has 0 aliphatic heterocycles. The minimum atomic E-state index is 0.343. The smallest absolute Gasteiger partial charge is 0.0472 e. The van der Waals surface area contributed by atoms with Gasteiger partial charge in [0.05, 0.1) is 0 Å². The molecule has 2 rings (SSSR count). The summed E-state index contributed by atoms with van der Waals surface area (Å²) < 4.78 is 0. The maximum Gasteiger partial charge on any atom is 0.0472 e. The average Bonchev–Trinajstić information content (AvgIpc) is 2.37. The van der Waals surface area contributed by atoms with Crippen LogP contribution in [0.1, 0.15) is 29.7 Å². The van der Waals surface area contributed by atoms with E-state index in [9.17, 15) is 0 Å². The van der Waals surface area contributed by atoms with Gasteiger partial charge >= 0.3 is 0 Å². The van der Waals surface area contributed by atoms with Crippen LogP contribution in [0.5, 0.6) is 0 Å². The van der Waals surface area contributed by atoms with E-state index >= 15 is 0 Å². The van der Waals surface area contributed by atoms with E-state index in [0.29, 0.717) is 5.92 Å². The first kappa shape index (κ1) is 11.6. The van der Waals surface area contributed by atoms with Crippen LogP contribution in [-0.2, 0) is 0 Å². The Labute approximate surface area is 103 Å². The Morgan fingerprint density at radius 2 is 1.88 bits per heavy atom. The molecule has 1 unspecified atom stereocenters. The summed E-state index contributed by atoms with van der Waals surface area (Å²) in [6.45, 7) is 4.26. The fraction of sp³-hybridized carbons (Fsp3) is 0.188. The molecule has 0 bridgehead atoms. The molecule has 1 aromatic heterocycles. The predicted molar refractivity (Wildman–Crippen MR) is 72.9 cm³/mol. The lowest BCUT2D eigenvalue weighted by atomic mass is 10.0. The molecule has 0 radical (unpaired) electrons. The van der Waals surface area contributed by atoms with Gasteiger partial charge in [-0.25, -0.2) is 0 Å². The molecule has 0 aliphatic rings. The highest BCUT2D eigenvalue weighted by Gasteiger charge is 2.02. The van der Waals surface area contributed by atoms with E-state index in [1.807, 2.05) is 18.3 Å². The number of rotatable bonds is 3. The van der Waals surface area contributed by atoms with E-state index in [2.05, 4.69) is 61.3 Å². The van der Waals surface area contributed by atoms with Crippen molar-refractivity contribution in [1.82, 2.24) is 4.98 Å². The zero-order chi connectivity index (χ0) is 12.1. The second kappa shape index (κ2) is 5.44. The first-order chi connectivity index (χ1) is 8.25. The quantitative estimate of drug-likeness (QED) is 0.759. The third-order valence-corrected chi connectivity index (χ3v) is 2.78. The molecule has 2 aromatic rings. The SMILES string of the molecule is Cc1ccnc(C(C)C=Cc2ccccc2)c1. The maximum atomic E-state index is 4.40. The molecular weight excluding hydrogens is 206 g/mol. The topological polar surface area (TPSA) is 12.9 Å². The monoisotopic (exact) mass is 223 g/mol. The number of aryl methyl sites for hydroxylation is 1. The first-order valence-electron chi connectivity index (χ1n) is 5.91. The van der Waals surface area contributed by atoms with E-state index in [0.717, 1.165) is 5.69 Å². The van der Waals surface area contributed by atoms with Gasteiger partial charge in [-0.15, -0.1) is 0 Å². The van der Waals surface area contributed by atoms with Gasteiger partial charge in [0, 0.05) is 17.8 Å². The van der Waals surface area contributed by atoms with Gasteiger partial charge in [0.25, 0.3) is 0 Å². The molecule has 1 atom stereocenters. The number of aromatic nitrogens is 1. The van der Waals surface area contributed by atoms with Gasteiger partial charge in [0.2, 0.25) is 0 Å². The Kier molecular flexibility index (Phi) is 3.71. The van der Waals surface area contributed by atoms with Crippen molar-refractivity contribution in [2.24, 2.45) is 0 Å². The molecule has 0 aliphatic carbocycles. The van der Waals surface area contributed by atoms with Crippen molar-refractivity contribution in [1.29, 1.82) is 0 Å². The van der Waals surface area contributed by atoms with Crippen LogP contribution in [0, 0.1) is 6.92 Å². The summed E-state index contributed by atoms with van der Waals surface area (Å²) >= 11 is 0. The summed E-state index contributed by atoms with van der Waals surface area (Å²) in [5.74, 6) is 0.343. The zero-order valence-electron chi connectivity index (χ0n) is 10.3. The second-order valence-corrected chi connectivity index (χ2v) is 4.32. The Morgan fingerprint density at radius 1 is 1.12 bits per heavy atom. The Morgan fingerprint density at radius 3 is 2.59 bits per heavy atom.